The first-order valence-corrected chi connectivity index (χ1v) is 8.89. The van der Waals surface area contributed by atoms with Crippen LogP contribution >= 0.6 is 11.6 Å². The van der Waals surface area contributed by atoms with Crippen molar-refractivity contribution in [2.45, 2.75) is 26.4 Å². The molecule has 26 heavy (non-hydrogen) atoms. The van der Waals surface area contributed by atoms with Crippen LogP contribution in [0.1, 0.15) is 20.8 Å². The van der Waals surface area contributed by atoms with Gasteiger partial charge in [-0.05, 0) is 32.9 Å². The quantitative estimate of drug-likeness (QED) is 0.798. The Hall–Kier alpha value is -2.28. The summed E-state index contributed by atoms with van der Waals surface area (Å²) in [6, 6.07) is 5.49. The number of ether oxygens (including phenoxy) is 2. The average molecular weight is 379 g/mol. The molecule has 8 heteroatoms. The van der Waals surface area contributed by atoms with Gasteiger partial charge in [-0.25, -0.2) is 14.8 Å². The van der Waals surface area contributed by atoms with Crippen molar-refractivity contribution >= 4 is 34.5 Å². The summed E-state index contributed by atoms with van der Waals surface area (Å²) in [7, 11) is 1.61. The van der Waals surface area contributed by atoms with Gasteiger partial charge < -0.3 is 19.3 Å². The molecule has 2 aromatic rings. The lowest BCUT2D eigenvalue weighted by Gasteiger charge is -2.36. The van der Waals surface area contributed by atoms with Crippen molar-refractivity contribution in [3.05, 3.63) is 23.4 Å². The van der Waals surface area contributed by atoms with E-state index in [-0.39, 0.29) is 6.09 Å². The molecule has 140 valence electrons. The molecule has 0 saturated carbocycles. The number of benzene rings is 1. The number of methoxy groups -OCH3 is 1. The van der Waals surface area contributed by atoms with Gasteiger partial charge >= 0.3 is 6.09 Å². The Morgan fingerprint density at radius 3 is 2.42 bits per heavy atom. The number of anilines is 1. The van der Waals surface area contributed by atoms with E-state index in [1.165, 1.54) is 0 Å². The van der Waals surface area contributed by atoms with Crippen LogP contribution in [0, 0.1) is 0 Å². The van der Waals surface area contributed by atoms with Crippen LogP contribution in [0.15, 0.2) is 18.2 Å². The zero-order valence-electron chi connectivity index (χ0n) is 15.5. The van der Waals surface area contributed by atoms with Gasteiger partial charge in [0.1, 0.15) is 11.4 Å². The van der Waals surface area contributed by atoms with Crippen molar-refractivity contribution in [1.29, 1.82) is 0 Å². The summed E-state index contributed by atoms with van der Waals surface area (Å²) in [5, 5.41) is 0.355. The van der Waals surface area contributed by atoms with Gasteiger partial charge in [-0.2, -0.15) is 0 Å². The molecule has 1 amide bonds. The van der Waals surface area contributed by atoms with Crippen molar-refractivity contribution in [3.63, 3.8) is 0 Å². The molecule has 7 nitrogen and oxygen atoms in total. The number of piperazine rings is 1. The summed E-state index contributed by atoms with van der Waals surface area (Å²) >= 11 is 6.34. The maximum atomic E-state index is 12.2. The molecule has 1 saturated heterocycles. The number of nitrogens with zero attached hydrogens (tertiary/aromatic N) is 4. The maximum Gasteiger partial charge on any atom is 0.410 e. The van der Waals surface area contributed by atoms with Crippen molar-refractivity contribution in [1.82, 2.24) is 14.9 Å². The van der Waals surface area contributed by atoms with E-state index in [9.17, 15) is 4.79 Å². The van der Waals surface area contributed by atoms with Crippen molar-refractivity contribution in [2.75, 3.05) is 38.2 Å². The van der Waals surface area contributed by atoms with Crippen LogP contribution in [0.5, 0.6) is 5.75 Å². The van der Waals surface area contributed by atoms with Crippen LogP contribution in [-0.2, 0) is 4.74 Å². The maximum absolute atomic E-state index is 12.2. The standard InChI is InChI=1S/C18H23ClN4O3/c1-18(2,3)26-17(24)23-9-7-22(8-10-23)16-15(19)20-13-6-5-12(25-4)11-14(13)21-16/h5-6,11H,7-10H2,1-4H3. The lowest BCUT2D eigenvalue weighted by molar-refractivity contribution is 0.0240. The van der Waals surface area contributed by atoms with Gasteiger partial charge in [-0.1, -0.05) is 11.6 Å². The second kappa shape index (κ2) is 7.15. The molecule has 0 N–H and O–H groups in total. The fourth-order valence-electron chi connectivity index (χ4n) is 2.76. The number of amides is 1. The normalized spacial score (nSPS) is 15.3. The summed E-state index contributed by atoms with van der Waals surface area (Å²) in [6.45, 7) is 7.90. The number of rotatable bonds is 2. The first-order valence-electron chi connectivity index (χ1n) is 8.51. The number of hydrogen-bond donors (Lipinski definition) is 0. The Kier molecular flexibility index (Phi) is 5.09. The van der Waals surface area contributed by atoms with E-state index < -0.39 is 5.60 Å². The molecular formula is C18H23ClN4O3. The van der Waals surface area contributed by atoms with Gasteiger partial charge in [0, 0.05) is 32.2 Å². The van der Waals surface area contributed by atoms with E-state index in [2.05, 4.69) is 9.97 Å². The van der Waals surface area contributed by atoms with Crippen LogP contribution in [-0.4, -0.2) is 59.9 Å². The molecule has 2 heterocycles. The molecule has 0 aliphatic carbocycles. The summed E-state index contributed by atoms with van der Waals surface area (Å²) in [5.74, 6) is 1.34. The minimum atomic E-state index is -0.500. The molecule has 3 rings (SSSR count). The van der Waals surface area contributed by atoms with E-state index in [0.717, 1.165) is 11.3 Å². The van der Waals surface area contributed by atoms with Gasteiger partial charge in [0.15, 0.2) is 11.0 Å². The summed E-state index contributed by atoms with van der Waals surface area (Å²) in [5.41, 5.74) is 0.936. The number of carbonyl (C=O) groups excluding carboxylic acids is 1. The zero-order valence-corrected chi connectivity index (χ0v) is 16.2. The molecular weight excluding hydrogens is 356 g/mol. The molecule has 0 bridgehead atoms. The van der Waals surface area contributed by atoms with E-state index in [4.69, 9.17) is 21.1 Å². The monoisotopic (exact) mass is 378 g/mol. The molecule has 0 radical (unpaired) electrons. The van der Waals surface area contributed by atoms with E-state index in [1.807, 2.05) is 43.9 Å². The van der Waals surface area contributed by atoms with Crippen molar-refractivity contribution in [2.24, 2.45) is 0 Å². The van der Waals surface area contributed by atoms with E-state index >= 15 is 0 Å². The smallest absolute Gasteiger partial charge is 0.410 e. The second-order valence-corrected chi connectivity index (χ2v) is 7.51. The molecule has 1 aromatic heterocycles. The largest absolute Gasteiger partial charge is 0.497 e. The fraction of sp³-hybridized carbons (Fsp3) is 0.500. The van der Waals surface area contributed by atoms with Crippen LogP contribution in [0.3, 0.4) is 0 Å². The van der Waals surface area contributed by atoms with Crippen LogP contribution in [0.25, 0.3) is 11.0 Å². The van der Waals surface area contributed by atoms with Crippen molar-refractivity contribution < 1.29 is 14.3 Å². The highest BCUT2D eigenvalue weighted by Gasteiger charge is 2.27. The number of fused-ring (bicyclic) bond motifs is 1. The molecule has 1 aromatic carbocycles. The van der Waals surface area contributed by atoms with Gasteiger partial charge in [0.05, 0.1) is 18.1 Å². The summed E-state index contributed by atoms with van der Waals surface area (Å²) in [4.78, 5) is 25.0. The number of aromatic nitrogens is 2. The Balaban J connectivity index is 1.74. The topological polar surface area (TPSA) is 67.8 Å². The van der Waals surface area contributed by atoms with Crippen LogP contribution < -0.4 is 9.64 Å². The number of halogens is 1. The van der Waals surface area contributed by atoms with E-state index in [0.29, 0.717) is 42.7 Å². The van der Waals surface area contributed by atoms with Gasteiger partial charge in [-0.3, -0.25) is 0 Å². The average Bonchev–Trinajstić information content (AvgIpc) is 2.59. The summed E-state index contributed by atoms with van der Waals surface area (Å²) in [6.07, 6.45) is -0.294. The minimum Gasteiger partial charge on any atom is -0.497 e. The Labute approximate surface area is 157 Å². The highest BCUT2D eigenvalue weighted by molar-refractivity contribution is 6.32. The first-order chi connectivity index (χ1) is 12.3. The summed E-state index contributed by atoms with van der Waals surface area (Å²) < 4.78 is 10.7. The predicted molar refractivity (Wildman–Crippen MR) is 101 cm³/mol. The highest BCUT2D eigenvalue weighted by atomic mass is 35.5. The number of carbonyl (C=O) groups is 1. The molecule has 1 aliphatic rings. The highest BCUT2D eigenvalue weighted by Crippen LogP contribution is 2.27. The first kappa shape index (κ1) is 18.5. The minimum absolute atomic E-state index is 0.294. The third-order valence-corrected chi connectivity index (χ3v) is 4.30. The van der Waals surface area contributed by atoms with Crippen molar-refractivity contribution in [3.8, 4) is 5.75 Å². The second-order valence-electron chi connectivity index (χ2n) is 7.15. The third kappa shape index (κ3) is 4.09. The lowest BCUT2D eigenvalue weighted by Crippen LogP contribution is -2.50. The Bertz CT molecular complexity index is 814. The third-order valence-electron chi connectivity index (χ3n) is 4.04. The molecule has 0 unspecified atom stereocenters. The molecule has 0 atom stereocenters. The molecule has 1 fully saturated rings. The van der Waals surface area contributed by atoms with Crippen LogP contribution in [0.4, 0.5) is 10.6 Å². The Morgan fingerprint density at radius 2 is 1.81 bits per heavy atom. The lowest BCUT2D eigenvalue weighted by atomic mass is 10.2. The van der Waals surface area contributed by atoms with E-state index in [1.54, 1.807) is 12.0 Å². The Morgan fingerprint density at radius 1 is 1.12 bits per heavy atom. The van der Waals surface area contributed by atoms with Crippen LogP contribution in [0.2, 0.25) is 5.15 Å². The number of hydrogen-bond acceptors (Lipinski definition) is 6. The van der Waals surface area contributed by atoms with Gasteiger partial charge in [0.2, 0.25) is 0 Å². The van der Waals surface area contributed by atoms with Gasteiger partial charge in [-0.15, -0.1) is 0 Å². The predicted octanol–water partition coefficient (Wildman–Crippen LogP) is 3.35. The zero-order chi connectivity index (χ0) is 18.9. The van der Waals surface area contributed by atoms with Gasteiger partial charge in [0.25, 0.3) is 0 Å². The molecule has 0 spiro atoms. The fourth-order valence-corrected chi connectivity index (χ4v) is 3.01. The SMILES string of the molecule is COc1ccc2nc(Cl)c(N3CCN(C(=O)OC(C)(C)C)CC3)nc2c1. The molecule has 1 aliphatic heterocycles.